The summed E-state index contributed by atoms with van der Waals surface area (Å²) in [7, 11) is 0. The van der Waals surface area contributed by atoms with E-state index in [9.17, 15) is 9.59 Å². The average Bonchev–Trinajstić information content (AvgIpc) is 3.22. The number of fused-ring (bicyclic) bond motifs is 1. The molecule has 2 fully saturated rings. The minimum atomic E-state index is -0.430. The number of benzene rings is 2. The van der Waals surface area contributed by atoms with Crippen molar-refractivity contribution in [3.8, 4) is 0 Å². The molecule has 0 bridgehead atoms. The molecule has 1 aromatic heterocycles. The van der Waals surface area contributed by atoms with Gasteiger partial charge in [0.2, 0.25) is 5.91 Å². The van der Waals surface area contributed by atoms with Crippen molar-refractivity contribution in [3.63, 3.8) is 0 Å². The lowest BCUT2D eigenvalue weighted by molar-refractivity contribution is -0.122. The second-order valence-corrected chi connectivity index (χ2v) is 9.79. The van der Waals surface area contributed by atoms with Crippen LogP contribution < -0.4 is 10.9 Å². The highest BCUT2D eigenvalue weighted by Gasteiger charge is 2.42. The maximum atomic E-state index is 12.7. The van der Waals surface area contributed by atoms with Crippen molar-refractivity contribution in [2.45, 2.75) is 57.3 Å². The third-order valence-corrected chi connectivity index (χ3v) is 7.22. The van der Waals surface area contributed by atoms with Crippen LogP contribution in [0.3, 0.4) is 0 Å². The molecule has 5 rings (SSSR count). The van der Waals surface area contributed by atoms with Gasteiger partial charge in [-0.25, -0.2) is 4.79 Å². The molecule has 2 aliphatic heterocycles. The average molecular weight is 461 g/mol. The Morgan fingerprint density at radius 2 is 1.88 bits per heavy atom. The molecule has 0 radical (unpaired) electrons. The van der Waals surface area contributed by atoms with Gasteiger partial charge in [0.15, 0.2) is 0 Å². The van der Waals surface area contributed by atoms with Crippen molar-refractivity contribution >= 4 is 16.9 Å². The molecule has 6 heteroatoms. The number of carbonyl (C=O) groups excluding carboxylic acids is 1. The van der Waals surface area contributed by atoms with E-state index in [0.717, 1.165) is 56.3 Å². The summed E-state index contributed by atoms with van der Waals surface area (Å²) in [6, 6.07) is 17.7. The van der Waals surface area contributed by atoms with Crippen LogP contribution in [0.1, 0.15) is 42.4 Å². The zero-order valence-electron chi connectivity index (χ0n) is 19.7. The van der Waals surface area contributed by atoms with Crippen LogP contribution in [0.15, 0.2) is 63.8 Å². The summed E-state index contributed by atoms with van der Waals surface area (Å²) < 4.78 is 11.8. The Kier molecular flexibility index (Phi) is 6.53. The zero-order valence-corrected chi connectivity index (χ0v) is 19.7. The number of nitrogens with zero attached hydrogens (tertiary/aromatic N) is 1. The SMILES string of the molecule is Cc1ccc2c(CC(=O)NC[C@H]3CCC4(CCN(Cc5ccccc5)CC4)O3)cc(=O)oc2c1. The highest BCUT2D eigenvalue weighted by atomic mass is 16.5. The first kappa shape index (κ1) is 22.8. The van der Waals surface area contributed by atoms with Gasteiger partial charge in [0.25, 0.3) is 0 Å². The molecule has 3 heterocycles. The molecule has 2 saturated heterocycles. The van der Waals surface area contributed by atoms with Crippen molar-refractivity contribution in [1.29, 1.82) is 0 Å². The molecule has 178 valence electrons. The van der Waals surface area contributed by atoms with E-state index in [2.05, 4.69) is 40.5 Å². The number of aryl methyl sites for hydroxylation is 1. The van der Waals surface area contributed by atoms with Crippen LogP contribution in [0.5, 0.6) is 0 Å². The number of likely N-dealkylation sites (tertiary alicyclic amines) is 1. The number of hydrogen-bond acceptors (Lipinski definition) is 5. The molecule has 0 unspecified atom stereocenters. The molecule has 1 spiro atoms. The number of ether oxygens (including phenoxy) is 1. The Labute approximate surface area is 199 Å². The van der Waals surface area contributed by atoms with Crippen LogP contribution in [-0.2, 0) is 22.5 Å². The molecular weight excluding hydrogens is 428 g/mol. The monoisotopic (exact) mass is 460 g/mol. The highest BCUT2D eigenvalue weighted by Crippen LogP contribution is 2.39. The maximum absolute atomic E-state index is 12.7. The van der Waals surface area contributed by atoms with Crippen molar-refractivity contribution in [2.24, 2.45) is 0 Å². The van der Waals surface area contributed by atoms with Crippen molar-refractivity contribution in [2.75, 3.05) is 19.6 Å². The van der Waals surface area contributed by atoms with Gasteiger partial charge in [-0.3, -0.25) is 9.69 Å². The zero-order chi connectivity index (χ0) is 23.5. The summed E-state index contributed by atoms with van der Waals surface area (Å²) in [6.07, 6.45) is 4.29. The Hall–Kier alpha value is -2.96. The lowest BCUT2D eigenvalue weighted by Crippen LogP contribution is -2.45. The fourth-order valence-corrected chi connectivity index (χ4v) is 5.31. The minimum Gasteiger partial charge on any atom is -0.423 e. The van der Waals surface area contributed by atoms with E-state index in [1.807, 2.05) is 25.1 Å². The smallest absolute Gasteiger partial charge is 0.336 e. The molecule has 34 heavy (non-hydrogen) atoms. The van der Waals surface area contributed by atoms with Gasteiger partial charge in [0.05, 0.1) is 18.1 Å². The second kappa shape index (κ2) is 9.72. The largest absolute Gasteiger partial charge is 0.423 e. The molecule has 2 aliphatic rings. The fourth-order valence-electron chi connectivity index (χ4n) is 5.31. The predicted molar refractivity (Wildman–Crippen MR) is 132 cm³/mol. The van der Waals surface area contributed by atoms with Crippen LogP contribution in [0.25, 0.3) is 11.0 Å². The molecule has 1 N–H and O–H groups in total. The van der Waals surface area contributed by atoms with Gasteiger partial charge < -0.3 is 14.5 Å². The minimum absolute atomic E-state index is 0.0462. The Bertz CT molecular complexity index is 1210. The predicted octanol–water partition coefficient (Wildman–Crippen LogP) is 3.97. The van der Waals surface area contributed by atoms with Crippen molar-refractivity contribution in [1.82, 2.24) is 10.2 Å². The molecular formula is C28H32N2O4. The maximum Gasteiger partial charge on any atom is 0.336 e. The number of hydrogen-bond donors (Lipinski definition) is 1. The standard InChI is InChI=1S/C28H32N2O4/c1-20-7-8-24-22(17-27(32)33-25(24)15-20)16-26(31)29-18-23-9-10-28(34-23)11-13-30(14-12-28)19-21-5-3-2-4-6-21/h2-8,15,17,23H,9-14,16,18-19H2,1H3,(H,29,31)/t23-/m1/s1. The molecule has 0 saturated carbocycles. The van der Waals surface area contributed by atoms with Crippen LogP contribution in [-0.4, -0.2) is 42.1 Å². The van der Waals surface area contributed by atoms with Gasteiger partial charge in [-0.1, -0.05) is 42.5 Å². The molecule has 1 atom stereocenters. The summed E-state index contributed by atoms with van der Waals surface area (Å²) in [4.78, 5) is 27.1. The number of nitrogens with one attached hydrogen (secondary N) is 1. The summed E-state index contributed by atoms with van der Waals surface area (Å²) >= 11 is 0. The summed E-state index contributed by atoms with van der Waals surface area (Å²) in [5.74, 6) is -0.102. The van der Waals surface area contributed by atoms with Crippen LogP contribution in [0, 0.1) is 6.92 Å². The first-order valence-corrected chi connectivity index (χ1v) is 12.2. The molecule has 2 aromatic carbocycles. The number of amides is 1. The molecule has 0 aliphatic carbocycles. The summed E-state index contributed by atoms with van der Waals surface area (Å²) in [5.41, 5.74) is 3.10. The lowest BCUT2D eigenvalue weighted by atomic mass is 9.88. The molecule has 3 aromatic rings. The van der Waals surface area contributed by atoms with Crippen LogP contribution in [0.2, 0.25) is 0 Å². The number of rotatable bonds is 6. The van der Waals surface area contributed by atoms with Gasteiger partial charge in [0.1, 0.15) is 5.58 Å². The fraction of sp³-hybridized carbons (Fsp3) is 0.429. The summed E-state index contributed by atoms with van der Waals surface area (Å²) in [6.45, 7) is 5.52. The van der Waals surface area contributed by atoms with E-state index in [-0.39, 0.29) is 24.0 Å². The lowest BCUT2D eigenvalue weighted by Gasteiger charge is -2.39. The van der Waals surface area contributed by atoms with E-state index in [1.54, 1.807) is 0 Å². The van der Waals surface area contributed by atoms with E-state index in [1.165, 1.54) is 11.6 Å². The Balaban J connectivity index is 1.12. The molecule has 1 amide bonds. The highest BCUT2D eigenvalue weighted by molar-refractivity contribution is 5.87. The Morgan fingerprint density at radius 1 is 1.09 bits per heavy atom. The molecule has 6 nitrogen and oxygen atoms in total. The third-order valence-electron chi connectivity index (χ3n) is 7.22. The van der Waals surface area contributed by atoms with Crippen molar-refractivity contribution < 1.29 is 13.9 Å². The van der Waals surface area contributed by atoms with E-state index in [0.29, 0.717) is 17.7 Å². The third kappa shape index (κ3) is 5.24. The normalized spacial score (nSPS) is 20.1. The van der Waals surface area contributed by atoms with Crippen molar-refractivity contribution in [3.05, 3.63) is 81.7 Å². The summed E-state index contributed by atoms with van der Waals surface area (Å²) in [5, 5.41) is 3.83. The number of carbonyl (C=O) groups is 1. The topological polar surface area (TPSA) is 71.8 Å². The second-order valence-electron chi connectivity index (χ2n) is 9.79. The van der Waals surface area contributed by atoms with E-state index in [4.69, 9.17) is 9.15 Å². The Morgan fingerprint density at radius 3 is 2.68 bits per heavy atom. The van der Waals surface area contributed by atoms with E-state index < -0.39 is 5.63 Å². The van der Waals surface area contributed by atoms with Gasteiger partial charge in [-0.05, 0) is 55.4 Å². The quantitative estimate of drug-likeness (QED) is 0.564. The van der Waals surface area contributed by atoms with Crippen LogP contribution in [0.4, 0.5) is 0 Å². The first-order valence-electron chi connectivity index (χ1n) is 12.2. The van der Waals surface area contributed by atoms with E-state index >= 15 is 0 Å². The first-order chi connectivity index (χ1) is 16.5. The van der Waals surface area contributed by atoms with Crippen LogP contribution >= 0.6 is 0 Å². The number of piperidine rings is 1. The van der Waals surface area contributed by atoms with Gasteiger partial charge in [-0.2, -0.15) is 0 Å². The van der Waals surface area contributed by atoms with Gasteiger partial charge >= 0.3 is 5.63 Å². The van der Waals surface area contributed by atoms with Gasteiger partial charge in [0, 0.05) is 37.6 Å². The van der Waals surface area contributed by atoms with Gasteiger partial charge in [-0.15, -0.1) is 0 Å².